The number of carbonyl (C=O) groups excluding carboxylic acids is 3. The van der Waals surface area contributed by atoms with Crippen molar-refractivity contribution in [1.29, 1.82) is 0 Å². The predicted octanol–water partition coefficient (Wildman–Crippen LogP) is 1.11. The first-order valence-electron chi connectivity index (χ1n) is 5.59. The predicted molar refractivity (Wildman–Crippen MR) is 69.1 cm³/mol. The Labute approximate surface area is 113 Å². The lowest BCUT2D eigenvalue weighted by atomic mass is 10.1. The number of hydrogen-bond acceptors (Lipinski definition) is 5. The molecule has 1 saturated heterocycles. The highest BCUT2D eigenvalue weighted by atomic mass is 32.2. The number of rotatable bonds is 3. The van der Waals surface area contributed by atoms with Gasteiger partial charge in [0.25, 0.3) is 11.1 Å². The van der Waals surface area contributed by atoms with Crippen LogP contribution in [0.15, 0.2) is 29.2 Å². The van der Waals surface area contributed by atoms with Crippen molar-refractivity contribution in [2.75, 3.05) is 6.54 Å². The largest absolute Gasteiger partial charge is 0.545 e. The van der Waals surface area contributed by atoms with Crippen molar-refractivity contribution in [2.24, 2.45) is 0 Å². The Kier molecular flexibility index (Phi) is 3.71. The van der Waals surface area contributed by atoms with Gasteiger partial charge in [0.1, 0.15) is 0 Å². The van der Waals surface area contributed by atoms with Gasteiger partial charge in [-0.15, -0.1) is 0 Å². The van der Waals surface area contributed by atoms with Gasteiger partial charge in [-0.2, -0.15) is 0 Å². The smallest absolute Gasteiger partial charge is 0.293 e. The number of benzene rings is 1. The first kappa shape index (κ1) is 13.4. The molecule has 1 fully saturated rings. The molecule has 1 aromatic carbocycles. The number of nitrogens with zero attached hydrogens (tertiary/aromatic N) is 1. The van der Waals surface area contributed by atoms with Crippen molar-refractivity contribution >= 4 is 35.0 Å². The van der Waals surface area contributed by atoms with Crippen LogP contribution >= 0.6 is 11.8 Å². The average Bonchev–Trinajstić information content (AvgIpc) is 2.64. The number of thioether (sulfide) groups is 1. The van der Waals surface area contributed by atoms with Crippen LogP contribution in [0, 0.1) is 0 Å². The van der Waals surface area contributed by atoms with E-state index in [9.17, 15) is 19.5 Å². The van der Waals surface area contributed by atoms with Gasteiger partial charge in [0.15, 0.2) is 0 Å². The van der Waals surface area contributed by atoms with Gasteiger partial charge in [-0.25, -0.2) is 0 Å². The van der Waals surface area contributed by atoms with Crippen molar-refractivity contribution in [3.8, 4) is 0 Å². The second-order valence-electron chi connectivity index (χ2n) is 3.84. The van der Waals surface area contributed by atoms with Gasteiger partial charge < -0.3 is 9.90 Å². The van der Waals surface area contributed by atoms with E-state index >= 15 is 0 Å². The topological polar surface area (TPSA) is 77.5 Å². The number of carboxylic acids is 1. The molecule has 2 amide bonds. The van der Waals surface area contributed by atoms with E-state index in [-0.39, 0.29) is 16.7 Å². The van der Waals surface area contributed by atoms with Gasteiger partial charge in [0.2, 0.25) is 0 Å². The van der Waals surface area contributed by atoms with E-state index in [4.69, 9.17) is 0 Å². The van der Waals surface area contributed by atoms with Crippen LogP contribution in [0.4, 0.5) is 4.79 Å². The molecule has 19 heavy (non-hydrogen) atoms. The summed E-state index contributed by atoms with van der Waals surface area (Å²) in [5, 5.41) is 10.3. The molecule has 1 aromatic rings. The molecule has 0 atom stereocenters. The first-order valence-corrected chi connectivity index (χ1v) is 6.41. The van der Waals surface area contributed by atoms with Crippen LogP contribution in [-0.4, -0.2) is 28.6 Å². The van der Waals surface area contributed by atoms with Crippen molar-refractivity contribution < 1.29 is 19.5 Å². The van der Waals surface area contributed by atoms with Crippen LogP contribution in [0.2, 0.25) is 0 Å². The Morgan fingerprint density at radius 2 is 1.95 bits per heavy atom. The minimum atomic E-state index is -1.25. The zero-order valence-corrected chi connectivity index (χ0v) is 10.9. The van der Waals surface area contributed by atoms with E-state index in [0.29, 0.717) is 17.0 Å². The monoisotopic (exact) mass is 276 g/mol. The molecule has 6 heteroatoms. The van der Waals surface area contributed by atoms with Crippen LogP contribution < -0.4 is 5.11 Å². The molecule has 0 saturated carbocycles. The third kappa shape index (κ3) is 2.68. The van der Waals surface area contributed by atoms with Gasteiger partial charge in [-0.3, -0.25) is 14.5 Å². The summed E-state index contributed by atoms with van der Waals surface area (Å²) in [4.78, 5) is 35.4. The number of carbonyl (C=O) groups is 3. The van der Waals surface area contributed by atoms with Gasteiger partial charge in [-0.05, 0) is 35.9 Å². The van der Waals surface area contributed by atoms with Crippen molar-refractivity contribution in [3.05, 3.63) is 40.3 Å². The second kappa shape index (κ2) is 5.27. The summed E-state index contributed by atoms with van der Waals surface area (Å²) in [6.45, 7) is 2.07. The minimum absolute atomic E-state index is 0.0683. The second-order valence-corrected chi connectivity index (χ2v) is 4.83. The van der Waals surface area contributed by atoms with Gasteiger partial charge in [0.05, 0.1) is 10.9 Å². The first-order chi connectivity index (χ1) is 9.02. The fraction of sp³-hybridized carbons (Fsp3) is 0.154. The van der Waals surface area contributed by atoms with E-state index in [1.807, 2.05) is 0 Å². The molecule has 1 aliphatic heterocycles. The van der Waals surface area contributed by atoms with Crippen molar-refractivity contribution in [1.82, 2.24) is 4.90 Å². The molecule has 0 bridgehead atoms. The molecule has 0 radical (unpaired) electrons. The zero-order chi connectivity index (χ0) is 14.0. The summed E-state index contributed by atoms with van der Waals surface area (Å²) in [5.74, 6) is -1.57. The lowest BCUT2D eigenvalue weighted by Crippen LogP contribution is -2.27. The summed E-state index contributed by atoms with van der Waals surface area (Å²) in [7, 11) is 0. The summed E-state index contributed by atoms with van der Waals surface area (Å²) in [5.41, 5.74) is 0.727. The zero-order valence-electron chi connectivity index (χ0n) is 10.1. The van der Waals surface area contributed by atoms with E-state index in [1.54, 1.807) is 25.1 Å². The molecule has 1 heterocycles. The summed E-state index contributed by atoms with van der Waals surface area (Å²) in [6.07, 6.45) is 1.57. The fourth-order valence-electron chi connectivity index (χ4n) is 1.64. The Morgan fingerprint density at radius 1 is 1.32 bits per heavy atom. The average molecular weight is 276 g/mol. The number of hydrogen-bond donors (Lipinski definition) is 0. The maximum Gasteiger partial charge on any atom is 0.293 e. The normalized spacial score (nSPS) is 17.3. The third-order valence-electron chi connectivity index (χ3n) is 2.63. The molecule has 0 N–H and O–H groups in total. The van der Waals surface area contributed by atoms with Crippen molar-refractivity contribution in [3.63, 3.8) is 0 Å². The number of amides is 2. The Bertz CT molecular complexity index is 577. The molecular formula is C13H10NO4S-. The molecular weight excluding hydrogens is 266 g/mol. The quantitative estimate of drug-likeness (QED) is 0.773. The van der Waals surface area contributed by atoms with Crippen LogP contribution in [-0.2, 0) is 4.79 Å². The summed E-state index contributed by atoms with van der Waals surface area (Å²) in [6, 6.07) is 5.91. The lowest BCUT2D eigenvalue weighted by Gasteiger charge is -2.07. The van der Waals surface area contributed by atoms with Crippen molar-refractivity contribution in [2.45, 2.75) is 6.92 Å². The SMILES string of the molecule is CCN1C(=O)S/C(=C/c2ccc(C(=O)[O-])cc2)C1=O. The van der Waals surface area contributed by atoms with Gasteiger partial charge >= 0.3 is 0 Å². The van der Waals surface area contributed by atoms with Crippen LogP contribution in [0.5, 0.6) is 0 Å². The van der Waals surface area contributed by atoms with E-state index in [0.717, 1.165) is 16.7 Å². The maximum atomic E-state index is 11.8. The number of likely N-dealkylation sites (N-methyl/N-ethyl adjacent to an activating group) is 1. The molecule has 0 aliphatic carbocycles. The van der Waals surface area contributed by atoms with Crippen LogP contribution in [0.25, 0.3) is 6.08 Å². The van der Waals surface area contributed by atoms with Gasteiger partial charge in [0, 0.05) is 6.54 Å². The molecule has 98 valence electrons. The molecule has 2 rings (SSSR count). The van der Waals surface area contributed by atoms with Crippen LogP contribution in [0.1, 0.15) is 22.8 Å². The molecule has 5 nitrogen and oxygen atoms in total. The number of aromatic carboxylic acids is 1. The molecule has 0 spiro atoms. The van der Waals surface area contributed by atoms with E-state index in [1.165, 1.54) is 12.1 Å². The highest BCUT2D eigenvalue weighted by molar-refractivity contribution is 8.18. The molecule has 0 unspecified atom stereocenters. The van der Waals surface area contributed by atoms with E-state index < -0.39 is 5.97 Å². The van der Waals surface area contributed by atoms with E-state index in [2.05, 4.69) is 0 Å². The Morgan fingerprint density at radius 3 is 2.42 bits per heavy atom. The third-order valence-corrected chi connectivity index (χ3v) is 3.54. The molecule has 0 aromatic heterocycles. The highest BCUT2D eigenvalue weighted by Crippen LogP contribution is 2.31. The standard InChI is InChI=1S/C13H11NO4S/c1-2-14-11(15)10(19-13(14)18)7-8-3-5-9(6-4-8)12(16)17/h3-7H,2H2,1H3,(H,16,17)/p-1/b10-7+. The minimum Gasteiger partial charge on any atom is -0.545 e. The van der Waals surface area contributed by atoms with Crippen LogP contribution in [0.3, 0.4) is 0 Å². The summed E-state index contributed by atoms with van der Waals surface area (Å²) < 4.78 is 0. The molecule has 1 aliphatic rings. The Balaban J connectivity index is 2.25. The fourth-order valence-corrected chi connectivity index (χ4v) is 2.54. The van der Waals surface area contributed by atoms with Gasteiger partial charge in [-0.1, -0.05) is 24.3 Å². The lowest BCUT2D eigenvalue weighted by molar-refractivity contribution is -0.255. The summed E-state index contributed by atoms with van der Waals surface area (Å²) >= 11 is 0.882. The maximum absolute atomic E-state index is 11.8. The highest BCUT2D eigenvalue weighted by Gasteiger charge is 2.33. The number of carboxylic acid groups (broad SMARTS) is 1. The Hall–Kier alpha value is -2.08. The number of imide groups is 1.